The highest BCUT2D eigenvalue weighted by Crippen LogP contribution is 2.58. The van der Waals surface area contributed by atoms with E-state index in [1.54, 1.807) is 19.8 Å². The molecule has 0 radical (unpaired) electrons. The molecule has 2 aromatic heterocycles. The smallest absolute Gasteiger partial charge is 0.175 e. The standard InChI is InChI=1S/C24H29N5O2S/c1-24(2)15-9-14(10-16(24)11-15)7-8-29-22-20(21(25)26-13-27-22)28-23(29)32-19-12-17(30-3)5-6-18(19)31-4/h5-6,9,12-13,15-16H,7-8,10-11H2,1-4H3,(H2,25,26,27). The monoisotopic (exact) mass is 451 g/mol. The highest BCUT2D eigenvalue weighted by Gasteiger charge is 2.49. The van der Waals surface area contributed by atoms with Crippen LogP contribution in [-0.4, -0.2) is 33.7 Å². The molecule has 0 amide bonds. The fourth-order valence-electron chi connectivity index (χ4n) is 4.97. The molecule has 0 aliphatic heterocycles. The van der Waals surface area contributed by atoms with Crippen LogP contribution in [0.25, 0.3) is 11.2 Å². The van der Waals surface area contributed by atoms with Gasteiger partial charge < -0.3 is 19.8 Å². The van der Waals surface area contributed by atoms with Crippen molar-refractivity contribution in [2.45, 2.75) is 49.7 Å². The molecule has 2 unspecified atom stereocenters. The normalized spacial score (nSPS) is 21.2. The van der Waals surface area contributed by atoms with E-state index < -0.39 is 0 Å². The summed E-state index contributed by atoms with van der Waals surface area (Å²) in [5.41, 5.74) is 9.54. The largest absolute Gasteiger partial charge is 0.497 e. The molecule has 6 rings (SSSR count). The van der Waals surface area contributed by atoms with Gasteiger partial charge in [0.05, 0.1) is 19.1 Å². The van der Waals surface area contributed by atoms with Gasteiger partial charge in [0.1, 0.15) is 17.8 Å². The van der Waals surface area contributed by atoms with Crippen molar-refractivity contribution in [3.05, 3.63) is 36.2 Å². The lowest BCUT2D eigenvalue weighted by Gasteiger charge is -2.55. The number of ether oxygens (including phenoxy) is 2. The SMILES string of the molecule is COc1ccc(OC)c(Sc2nc3c(N)ncnc3n2CCC2=CC3CC(C2)C3(C)C)c1. The summed E-state index contributed by atoms with van der Waals surface area (Å²) in [6.45, 7) is 5.60. The summed E-state index contributed by atoms with van der Waals surface area (Å²) in [7, 11) is 3.33. The molecule has 3 aliphatic carbocycles. The Balaban J connectivity index is 1.47. The Bertz CT molecular complexity index is 1200. The number of nitrogens with two attached hydrogens (primary N) is 1. The van der Waals surface area contributed by atoms with Crippen LogP contribution in [0.4, 0.5) is 5.82 Å². The molecule has 0 saturated heterocycles. The number of anilines is 1. The second kappa shape index (κ2) is 7.99. The number of aromatic nitrogens is 4. The molecular formula is C24H29N5O2S. The fraction of sp³-hybridized carbons (Fsp3) is 0.458. The number of rotatable bonds is 7. The van der Waals surface area contributed by atoms with Crippen LogP contribution in [0.2, 0.25) is 0 Å². The molecule has 1 aromatic carbocycles. The van der Waals surface area contributed by atoms with E-state index in [0.29, 0.717) is 22.7 Å². The Morgan fingerprint density at radius 1 is 1.22 bits per heavy atom. The summed E-state index contributed by atoms with van der Waals surface area (Å²) in [5.74, 6) is 3.45. The van der Waals surface area contributed by atoms with Crippen molar-refractivity contribution in [2.75, 3.05) is 20.0 Å². The number of benzene rings is 1. The molecule has 2 heterocycles. The number of nitrogen functional groups attached to an aromatic ring is 1. The highest BCUT2D eigenvalue weighted by atomic mass is 32.2. The van der Waals surface area contributed by atoms with Crippen LogP contribution < -0.4 is 15.2 Å². The predicted octanol–water partition coefficient (Wildman–Crippen LogP) is 4.96. The molecule has 2 bridgehead atoms. The van der Waals surface area contributed by atoms with Crippen molar-refractivity contribution < 1.29 is 9.47 Å². The maximum Gasteiger partial charge on any atom is 0.175 e. The molecule has 0 spiro atoms. The number of imidazole rings is 1. The molecule has 168 valence electrons. The van der Waals surface area contributed by atoms with Crippen molar-refractivity contribution in [2.24, 2.45) is 17.3 Å². The van der Waals surface area contributed by atoms with Crippen molar-refractivity contribution >= 4 is 28.7 Å². The Kier molecular flexibility index (Phi) is 5.28. The number of hydrogen-bond donors (Lipinski definition) is 1. The second-order valence-corrected chi connectivity index (χ2v) is 10.2. The van der Waals surface area contributed by atoms with Crippen molar-refractivity contribution in [3.8, 4) is 11.5 Å². The zero-order valence-corrected chi connectivity index (χ0v) is 19.8. The van der Waals surface area contributed by atoms with E-state index in [4.69, 9.17) is 20.2 Å². The van der Waals surface area contributed by atoms with Crippen LogP contribution in [0.3, 0.4) is 0 Å². The van der Waals surface area contributed by atoms with E-state index in [1.807, 2.05) is 18.2 Å². The van der Waals surface area contributed by atoms with E-state index in [0.717, 1.165) is 46.1 Å². The van der Waals surface area contributed by atoms with Gasteiger partial charge in [0, 0.05) is 6.54 Å². The van der Waals surface area contributed by atoms with Crippen LogP contribution >= 0.6 is 11.8 Å². The van der Waals surface area contributed by atoms with E-state index in [-0.39, 0.29) is 0 Å². The van der Waals surface area contributed by atoms with Crippen LogP contribution in [-0.2, 0) is 6.54 Å². The third kappa shape index (κ3) is 3.50. The van der Waals surface area contributed by atoms with Crippen molar-refractivity contribution in [1.29, 1.82) is 0 Å². The first-order chi connectivity index (χ1) is 15.4. The molecule has 3 aromatic rings. The molecule has 2 atom stereocenters. The fourth-order valence-corrected chi connectivity index (χ4v) is 6.02. The Morgan fingerprint density at radius 2 is 2.06 bits per heavy atom. The van der Waals surface area contributed by atoms with Gasteiger partial charge in [-0.2, -0.15) is 0 Å². The Hall–Kier alpha value is -2.74. The molecule has 32 heavy (non-hydrogen) atoms. The van der Waals surface area contributed by atoms with E-state index in [2.05, 4.69) is 34.5 Å². The number of nitrogens with zero attached hydrogens (tertiary/aromatic N) is 4. The first-order valence-corrected chi connectivity index (χ1v) is 11.8. The zero-order valence-electron chi connectivity index (χ0n) is 19.0. The topological polar surface area (TPSA) is 88.1 Å². The van der Waals surface area contributed by atoms with E-state index >= 15 is 0 Å². The van der Waals surface area contributed by atoms with Crippen LogP contribution in [0.15, 0.2) is 46.2 Å². The molecular weight excluding hydrogens is 422 g/mol. The number of allylic oxidation sites excluding steroid dienone is 2. The van der Waals surface area contributed by atoms with Gasteiger partial charge in [0.25, 0.3) is 0 Å². The Morgan fingerprint density at radius 3 is 2.75 bits per heavy atom. The molecule has 1 saturated carbocycles. The van der Waals surface area contributed by atoms with Gasteiger partial charge in [0.2, 0.25) is 0 Å². The van der Waals surface area contributed by atoms with Gasteiger partial charge in [-0.25, -0.2) is 15.0 Å². The number of hydrogen-bond acceptors (Lipinski definition) is 7. The molecule has 3 aliphatic rings. The summed E-state index contributed by atoms with van der Waals surface area (Å²) in [6, 6.07) is 5.75. The minimum absolute atomic E-state index is 0.396. The lowest BCUT2D eigenvalue weighted by atomic mass is 9.50. The van der Waals surface area contributed by atoms with Crippen molar-refractivity contribution in [3.63, 3.8) is 0 Å². The minimum Gasteiger partial charge on any atom is -0.497 e. The number of methoxy groups -OCH3 is 2. The van der Waals surface area contributed by atoms with Gasteiger partial charge in [-0.1, -0.05) is 25.5 Å². The molecule has 2 N–H and O–H groups in total. The third-order valence-electron chi connectivity index (χ3n) is 7.25. The summed E-state index contributed by atoms with van der Waals surface area (Å²) in [4.78, 5) is 14.4. The minimum atomic E-state index is 0.396. The Labute approximate surface area is 192 Å². The first-order valence-electron chi connectivity index (χ1n) is 11.0. The second-order valence-electron chi connectivity index (χ2n) is 9.24. The lowest BCUT2D eigenvalue weighted by Crippen LogP contribution is -2.46. The average Bonchev–Trinajstić information content (AvgIpc) is 3.16. The first kappa shape index (κ1) is 21.1. The van der Waals surface area contributed by atoms with Gasteiger partial charge in [0.15, 0.2) is 22.1 Å². The predicted molar refractivity (Wildman–Crippen MR) is 126 cm³/mol. The highest BCUT2D eigenvalue weighted by molar-refractivity contribution is 7.99. The van der Waals surface area contributed by atoms with Gasteiger partial charge in [-0.3, -0.25) is 0 Å². The quantitative estimate of drug-likeness (QED) is 0.508. The number of fused-ring (bicyclic) bond motifs is 2. The zero-order chi connectivity index (χ0) is 22.5. The molecule has 7 nitrogen and oxygen atoms in total. The van der Waals surface area contributed by atoms with Crippen LogP contribution in [0, 0.1) is 17.3 Å². The summed E-state index contributed by atoms with van der Waals surface area (Å²) >= 11 is 1.53. The van der Waals surface area contributed by atoms with Crippen molar-refractivity contribution in [1.82, 2.24) is 19.5 Å². The van der Waals surface area contributed by atoms with Gasteiger partial charge in [-0.05, 0) is 66.5 Å². The maximum atomic E-state index is 6.13. The van der Waals surface area contributed by atoms with Crippen LogP contribution in [0.1, 0.15) is 33.1 Å². The van der Waals surface area contributed by atoms with Crippen LogP contribution in [0.5, 0.6) is 11.5 Å². The number of aryl methyl sites for hydroxylation is 1. The third-order valence-corrected chi connectivity index (χ3v) is 8.28. The van der Waals surface area contributed by atoms with E-state index in [9.17, 15) is 0 Å². The molecule has 8 heteroatoms. The molecule has 1 fully saturated rings. The lowest BCUT2D eigenvalue weighted by molar-refractivity contribution is -0.00186. The maximum absolute atomic E-state index is 6.13. The van der Waals surface area contributed by atoms with Gasteiger partial charge in [-0.15, -0.1) is 0 Å². The summed E-state index contributed by atoms with van der Waals surface area (Å²) < 4.78 is 13.1. The average molecular weight is 452 g/mol. The van der Waals surface area contributed by atoms with Gasteiger partial charge >= 0.3 is 0 Å². The summed E-state index contributed by atoms with van der Waals surface area (Å²) in [6.07, 6.45) is 7.54. The van der Waals surface area contributed by atoms with E-state index in [1.165, 1.54) is 30.9 Å². The summed E-state index contributed by atoms with van der Waals surface area (Å²) in [5, 5.41) is 0.820.